The molecule has 0 spiro atoms. The molecule has 3 aromatic rings. The van der Waals surface area contributed by atoms with Crippen LogP contribution in [0.4, 0.5) is 23.4 Å². The lowest BCUT2D eigenvalue weighted by atomic mass is 10.0. The molecule has 3 N–H and O–H groups in total. The summed E-state index contributed by atoms with van der Waals surface area (Å²) in [6.45, 7) is -0.352. The van der Waals surface area contributed by atoms with E-state index in [4.69, 9.17) is 11.6 Å². The number of amides is 1. The van der Waals surface area contributed by atoms with Gasteiger partial charge in [0.25, 0.3) is 0 Å². The topological polar surface area (TPSA) is 107 Å². The SMILES string of the molecule is C[C@@]1(O)CC(C(=O)NCC(F)(F)F)N(c2nc(-c3c[nH]c4ncc(Cl)cc34)ncc2F)C1. The molecule has 3 aromatic heterocycles. The van der Waals surface area contributed by atoms with Gasteiger partial charge >= 0.3 is 6.18 Å². The molecule has 4 heterocycles. The summed E-state index contributed by atoms with van der Waals surface area (Å²) in [6, 6.07) is 0.361. The second kappa shape index (κ2) is 7.85. The maximum Gasteiger partial charge on any atom is 0.405 e. The third-order valence-electron chi connectivity index (χ3n) is 5.02. The predicted octanol–water partition coefficient (Wildman–Crippen LogP) is 2.82. The molecule has 0 bridgehead atoms. The number of aromatic nitrogens is 4. The summed E-state index contributed by atoms with van der Waals surface area (Å²) in [5, 5.41) is 13.2. The first-order valence-electron chi connectivity index (χ1n) is 9.42. The lowest BCUT2D eigenvalue weighted by Crippen LogP contribution is -2.46. The highest BCUT2D eigenvalue weighted by atomic mass is 35.5. The van der Waals surface area contributed by atoms with Crippen molar-refractivity contribution in [2.24, 2.45) is 0 Å². The Morgan fingerprint density at radius 3 is 2.88 bits per heavy atom. The van der Waals surface area contributed by atoms with Crippen molar-refractivity contribution in [3.8, 4) is 11.4 Å². The van der Waals surface area contributed by atoms with Gasteiger partial charge in [-0.15, -0.1) is 0 Å². The lowest BCUT2D eigenvalue weighted by Gasteiger charge is -2.25. The minimum absolute atomic E-state index is 0.0812. The fourth-order valence-electron chi connectivity index (χ4n) is 3.68. The fraction of sp³-hybridized carbons (Fsp3) is 0.368. The normalized spacial score (nSPS) is 21.3. The van der Waals surface area contributed by atoms with Crippen LogP contribution in [0.3, 0.4) is 0 Å². The van der Waals surface area contributed by atoms with Crippen molar-refractivity contribution in [2.45, 2.75) is 31.2 Å². The van der Waals surface area contributed by atoms with E-state index in [9.17, 15) is 27.5 Å². The highest BCUT2D eigenvalue weighted by Gasteiger charge is 2.45. The Morgan fingerprint density at radius 2 is 2.16 bits per heavy atom. The zero-order valence-corrected chi connectivity index (χ0v) is 17.3. The first kappa shape index (κ1) is 22.2. The molecule has 1 fully saturated rings. The molecule has 1 aliphatic rings. The number of rotatable bonds is 4. The van der Waals surface area contributed by atoms with Crippen molar-refractivity contribution in [1.29, 1.82) is 0 Å². The molecule has 1 aliphatic heterocycles. The van der Waals surface area contributed by atoms with E-state index in [1.165, 1.54) is 13.1 Å². The number of anilines is 1. The van der Waals surface area contributed by atoms with Crippen LogP contribution < -0.4 is 10.2 Å². The van der Waals surface area contributed by atoms with Crippen LogP contribution >= 0.6 is 11.6 Å². The molecular weight excluding hydrogens is 456 g/mol. The van der Waals surface area contributed by atoms with E-state index < -0.39 is 36.1 Å². The molecule has 1 unspecified atom stereocenters. The summed E-state index contributed by atoms with van der Waals surface area (Å²) in [6.07, 6.45) is -0.926. The maximum atomic E-state index is 14.7. The van der Waals surface area contributed by atoms with Crippen molar-refractivity contribution in [1.82, 2.24) is 25.3 Å². The Labute approximate surface area is 183 Å². The maximum absolute atomic E-state index is 14.7. The second-order valence-corrected chi connectivity index (χ2v) is 8.23. The number of nitrogens with one attached hydrogen (secondary N) is 2. The van der Waals surface area contributed by atoms with E-state index in [0.29, 0.717) is 21.6 Å². The van der Waals surface area contributed by atoms with Crippen LogP contribution in [-0.2, 0) is 4.79 Å². The Hall–Kier alpha value is -2.99. The summed E-state index contributed by atoms with van der Waals surface area (Å²) < 4.78 is 52.3. The van der Waals surface area contributed by atoms with Gasteiger partial charge in [-0.1, -0.05) is 11.6 Å². The predicted molar refractivity (Wildman–Crippen MR) is 108 cm³/mol. The molecule has 0 aliphatic carbocycles. The smallest absolute Gasteiger partial charge is 0.388 e. The van der Waals surface area contributed by atoms with Gasteiger partial charge in [-0.2, -0.15) is 13.2 Å². The number of pyridine rings is 1. The van der Waals surface area contributed by atoms with Crippen molar-refractivity contribution in [3.63, 3.8) is 0 Å². The van der Waals surface area contributed by atoms with Gasteiger partial charge < -0.3 is 20.3 Å². The summed E-state index contributed by atoms with van der Waals surface area (Å²) in [4.78, 5) is 28.9. The van der Waals surface area contributed by atoms with Crippen LogP contribution in [0.1, 0.15) is 13.3 Å². The third-order valence-corrected chi connectivity index (χ3v) is 5.23. The largest absolute Gasteiger partial charge is 0.405 e. The molecule has 4 rings (SSSR count). The first-order chi connectivity index (χ1) is 14.9. The average Bonchev–Trinajstić information content (AvgIpc) is 3.26. The summed E-state index contributed by atoms with van der Waals surface area (Å²) in [7, 11) is 0. The molecule has 2 atom stereocenters. The minimum atomic E-state index is -4.61. The zero-order chi connectivity index (χ0) is 23.3. The van der Waals surface area contributed by atoms with Gasteiger partial charge in [0.2, 0.25) is 5.91 Å². The summed E-state index contributed by atoms with van der Waals surface area (Å²) in [5.74, 6) is -2.12. The van der Waals surface area contributed by atoms with Gasteiger partial charge in [-0.3, -0.25) is 4.79 Å². The number of alkyl halides is 3. The van der Waals surface area contributed by atoms with Gasteiger partial charge in [-0.25, -0.2) is 19.3 Å². The van der Waals surface area contributed by atoms with Gasteiger partial charge in [0.1, 0.15) is 18.2 Å². The van der Waals surface area contributed by atoms with Gasteiger partial charge in [0.15, 0.2) is 17.5 Å². The van der Waals surface area contributed by atoms with Crippen LogP contribution in [0.2, 0.25) is 5.02 Å². The molecule has 0 radical (unpaired) electrons. The monoisotopic (exact) mass is 472 g/mol. The van der Waals surface area contributed by atoms with E-state index in [1.807, 2.05) is 0 Å². The fourth-order valence-corrected chi connectivity index (χ4v) is 3.84. The van der Waals surface area contributed by atoms with Gasteiger partial charge in [0, 0.05) is 36.3 Å². The summed E-state index contributed by atoms with van der Waals surface area (Å²) in [5.41, 5.74) is -0.497. The molecule has 170 valence electrons. The quantitative estimate of drug-likeness (QED) is 0.504. The molecule has 1 saturated heterocycles. The standard InChI is InChI=1S/C19H17ClF4N6O2/c1-18(32)3-13(17(31)28-7-19(22,23)24)30(8-18)16-12(21)6-27-15(29-16)11-5-26-14-10(11)2-9(20)4-25-14/h2,4-6,13,32H,3,7-8H2,1H3,(H,25,26)(H,28,31)/t13?,18-/m1/s1. The van der Waals surface area contributed by atoms with E-state index in [0.717, 1.165) is 11.1 Å². The molecule has 0 saturated carbocycles. The highest BCUT2D eigenvalue weighted by molar-refractivity contribution is 6.31. The van der Waals surface area contributed by atoms with E-state index >= 15 is 0 Å². The number of H-pyrrole nitrogens is 1. The van der Waals surface area contributed by atoms with Crippen LogP contribution in [0, 0.1) is 5.82 Å². The Kier molecular flexibility index (Phi) is 5.45. The molecular formula is C19H17ClF4N6O2. The number of carbonyl (C=O) groups is 1. The van der Waals surface area contributed by atoms with Crippen LogP contribution in [-0.4, -0.2) is 61.9 Å². The number of fused-ring (bicyclic) bond motifs is 1. The molecule has 32 heavy (non-hydrogen) atoms. The molecule has 8 nitrogen and oxygen atoms in total. The van der Waals surface area contributed by atoms with E-state index in [1.54, 1.807) is 17.6 Å². The Morgan fingerprint density at radius 1 is 1.41 bits per heavy atom. The Balaban J connectivity index is 1.71. The number of aromatic amines is 1. The van der Waals surface area contributed by atoms with E-state index in [-0.39, 0.29) is 24.6 Å². The van der Waals surface area contributed by atoms with Crippen molar-refractivity contribution in [2.75, 3.05) is 18.0 Å². The van der Waals surface area contributed by atoms with E-state index in [2.05, 4.69) is 19.9 Å². The number of hydrogen-bond donors (Lipinski definition) is 3. The molecule has 0 aromatic carbocycles. The van der Waals surface area contributed by atoms with Crippen LogP contribution in [0.25, 0.3) is 22.4 Å². The molecule has 1 amide bonds. The first-order valence-corrected chi connectivity index (χ1v) is 9.80. The second-order valence-electron chi connectivity index (χ2n) is 7.79. The molecule has 13 heteroatoms. The number of hydrogen-bond acceptors (Lipinski definition) is 6. The third kappa shape index (κ3) is 4.46. The van der Waals surface area contributed by atoms with Crippen molar-refractivity contribution in [3.05, 3.63) is 35.5 Å². The summed E-state index contributed by atoms with van der Waals surface area (Å²) >= 11 is 6.00. The zero-order valence-electron chi connectivity index (χ0n) is 16.5. The average molecular weight is 473 g/mol. The van der Waals surface area contributed by atoms with Crippen molar-refractivity contribution < 1.29 is 27.5 Å². The number of nitrogens with zero attached hydrogens (tertiary/aromatic N) is 4. The number of β-amino-alcohol motifs (C(OH)–C–C–N with tert-alkyl or cyclic N) is 1. The van der Waals surface area contributed by atoms with Crippen LogP contribution in [0.5, 0.6) is 0 Å². The lowest BCUT2D eigenvalue weighted by molar-refractivity contribution is -0.139. The van der Waals surface area contributed by atoms with Crippen LogP contribution in [0.15, 0.2) is 24.7 Å². The highest BCUT2D eigenvalue weighted by Crippen LogP contribution is 2.34. The number of aliphatic hydroxyl groups is 1. The Bertz CT molecular complexity index is 1180. The van der Waals surface area contributed by atoms with Crippen molar-refractivity contribution >= 4 is 34.4 Å². The van der Waals surface area contributed by atoms with Gasteiger partial charge in [-0.05, 0) is 13.0 Å². The minimum Gasteiger partial charge on any atom is -0.388 e. The van der Waals surface area contributed by atoms with Gasteiger partial charge in [0.05, 0.1) is 16.8 Å². The number of carbonyl (C=O) groups excluding carboxylic acids is 1. The number of halogens is 5.